The first-order valence-corrected chi connectivity index (χ1v) is 5.39. The van der Waals surface area contributed by atoms with Gasteiger partial charge in [0.15, 0.2) is 0 Å². The van der Waals surface area contributed by atoms with Crippen LogP contribution in [-0.2, 0) is 0 Å². The highest BCUT2D eigenvalue weighted by atomic mass is 16.4. The number of carboxylic acids is 1. The summed E-state index contributed by atoms with van der Waals surface area (Å²) in [6.07, 6.45) is 0. The first-order valence-electron chi connectivity index (χ1n) is 5.39. The Hall–Kier alpha value is -1.79. The highest BCUT2D eigenvalue weighted by Crippen LogP contribution is 2.29. The SMILES string of the molecule is Nc1cc([C@@H]2CNCCN2)c(O)cc1C(=O)O. The summed E-state index contributed by atoms with van der Waals surface area (Å²) < 4.78 is 0. The summed E-state index contributed by atoms with van der Waals surface area (Å²) in [6.45, 7) is 2.35. The topological polar surface area (TPSA) is 108 Å². The second-order valence-corrected chi connectivity index (χ2v) is 4.01. The standard InChI is InChI=1S/C11H15N3O3/c12-8-3-7(9-5-13-1-2-14-9)10(15)4-6(8)11(16)17/h3-4,9,13-15H,1-2,5,12H2,(H,16,17)/t9-/m0/s1. The van der Waals surface area contributed by atoms with Crippen LogP contribution in [0.1, 0.15) is 22.0 Å². The van der Waals surface area contributed by atoms with Gasteiger partial charge in [-0.3, -0.25) is 0 Å². The average molecular weight is 237 g/mol. The normalized spacial score (nSPS) is 20.1. The van der Waals surface area contributed by atoms with Gasteiger partial charge < -0.3 is 26.6 Å². The number of anilines is 1. The molecule has 1 heterocycles. The number of hydrogen-bond donors (Lipinski definition) is 5. The minimum Gasteiger partial charge on any atom is -0.508 e. The van der Waals surface area contributed by atoms with Gasteiger partial charge in [0.25, 0.3) is 0 Å². The van der Waals surface area contributed by atoms with Crippen molar-refractivity contribution in [2.24, 2.45) is 0 Å². The van der Waals surface area contributed by atoms with Gasteiger partial charge in [0, 0.05) is 36.9 Å². The Balaban J connectivity index is 2.35. The van der Waals surface area contributed by atoms with E-state index in [4.69, 9.17) is 10.8 Å². The van der Waals surface area contributed by atoms with Gasteiger partial charge in [-0.2, -0.15) is 0 Å². The third-order valence-electron chi connectivity index (χ3n) is 2.85. The van der Waals surface area contributed by atoms with Crippen LogP contribution in [0.5, 0.6) is 5.75 Å². The van der Waals surface area contributed by atoms with E-state index in [-0.39, 0.29) is 23.0 Å². The fourth-order valence-corrected chi connectivity index (χ4v) is 1.96. The summed E-state index contributed by atoms with van der Waals surface area (Å²) in [6, 6.07) is 2.67. The Bertz CT molecular complexity index is 442. The summed E-state index contributed by atoms with van der Waals surface area (Å²) in [5, 5.41) is 25.1. The van der Waals surface area contributed by atoms with Crippen LogP contribution in [0.25, 0.3) is 0 Å². The van der Waals surface area contributed by atoms with E-state index >= 15 is 0 Å². The van der Waals surface area contributed by atoms with Crippen molar-refractivity contribution in [3.8, 4) is 5.75 Å². The number of nitrogens with one attached hydrogen (secondary N) is 2. The van der Waals surface area contributed by atoms with E-state index in [0.717, 1.165) is 13.1 Å². The van der Waals surface area contributed by atoms with Crippen molar-refractivity contribution >= 4 is 11.7 Å². The Morgan fingerprint density at radius 1 is 1.41 bits per heavy atom. The number of carboxylic acid groups (broad SMARTS) is 1. The molecule has 2 rings (SSSR count). The molecule has 1 aliphatic heterocycles. The lowest BCUT2D eigenvalue weighted by atomic mass is 10.0. The molecule has 0 aromatic heterocycles. The first kappa shape index (κ1) is 11.7. The third-order valence-corrected chi connectivity index (χ3v) is 2.85. The van der Waals surface area contributed by atoms with Gasteiger partial charge in [-0.25, -0.2) is 4.79 Å². The van der Waals surface area contributed by atoms with E-state index in [1.54, 1.807) is 0 Å². The summed E-state index contributed by atoms with van der Waals surface area (Å²) in [5.74, 6) is -1.18. The third kappa shape index (κ3) is 2.32. The van der Waals surface area contributed by atoms with Gasteiger partial charge in [-0.1, -0.05) is 0 Å². The van der Waals surface area contributed by atoms with E-state index < -0.39 is 5.97 Å². The quantitative estimate of drug-likeness (QED) is 0.363. The van der Waals surface area contributed by atoms with Crippen molar-refractivity contribution in [1.82, 2.24) is 10.6 Å². The largest absolute Gasteiger partial charge is 0.508 e. The van der Waals surface area contributed by atoms with Gasteiger partial charge in [-0.05, 0) is 12.1 Å². The average Bonchev–Trinajstić information content (AvgIpc) is 2.32. The van der Waals surface area contributed by atoms with E-state index in [1.807, 2.05) is 0 Å². The van der Waals surface area contributed by atoms with Crippen molar-refractivity contribution in [2.75, 3.05) is 25.4 Å². The molecule has 1 aromatic carbocycles. The van der Waals surface area contributed by atoms with E-state index in [9.17, 15) is 9.90 Å². The fourth-order valence-electron chi connectivity index (χ4n) is 1.96. The minimum atomic E-state index is -1.14. The Labute approximate surface area is 98.4 Å². The number of aromatic carboxylic acids is 1. The molecule has 0 aliphatic carbocycles. The number of rotatable bonds is 2. The number of nitrogen functional groups attached to an aromatic ring is 1. The summed E-state index contributed by atoms with van der Waals surface area (Å²) in [7, 11) is 0. The molecule has 0 radical (unpaired) electrons. The number of piperazine rings is 1. The van der Waals surface area contributed by atoms with E-state index in [2.05, 4.69) is 10.6 Å². The van der Waals surface area contributed by atoms with Crippen LogP contribution < -0.4 is 16.4 Å². The lowest BCUT2D eigenvalue weighted by molar-refractivity contribution is 0.0697. The number of hydrogen-bond acceptors (Lipinski definition) is 5. The molecule has 1 aliphatic rings. The van der Waals surface area contributed by atoms with Gasteiger partial charge in [0.1, 0.15) is 5.75 Å². The molecule has 17 heavy (non-hydrogen) atoms. The maximum Gasteiger partial charge on any atom is 0.337 e. The van der Waals surface area contributed by atoms with Crippen LogP contribution in [0.2, 0.25) is 0 Å². The zero-order valence-electron chi connectivity index (χ0n) is 9.23. The fraction of sp³-hybridized carbons (Fsp3) is 0.364. The zero-order chi connectivity index (χ0) is 12.4. The number of benzene rings is 1. The van der Waals surface area contributed by atoms with Gasteiger partial charge in [0.05, 0.1) is 5.56 Å². The number of phenolic OH excluding ortho intramolecular Hbond substituents is 1. The highest BCUT2D eigenvalue weighted by Gasteiger charge is 2.20. The monoisotopic (exact) mass is 237 g/mol. The number of aromatic hydroxyl groups is 1. The summed E-state index contributed by atoms with van der Waals surface area (Å²) in [4.78, 5) is 10.8. The van der Waals surface area contributed by atoms with E-state index in [0.29, 0.717) is 12.1 Å². The van der Waals surface area contributed by atoms with Crippen molar-refractivity contribution < 1.29 is 15.0 Å². The molecule has 0 saturated carbocycles. The van der Waals surface area contributed by atoms with Crippen molar-refractivity contribution in [1.29, 1.82) is 0 Å². The predicted molar refractivity (Wildman–Crippen MR) is 63.1 cm³/mol. The molecule has 92 valence electrons. The lowest BCUT2D eigenvalue weighted by Crippen LogP contribution is -2.42. The number of phenols is 1. The minimum absolute atomic E-state index is 0.0437. The van der Waals surface area contributed by atoms with Gasteiger partial charge in [-0.15, -0.1) is 0 Å². The van der Waals surface area contributed by atoms with Crippen LogP contribution in [0.3, 0.4) is 0 Å². The molecule has 1 fully saturated rings. The Morgan fingerprint density at radius 3 is 2.76 bits per heavy atom. The number of nitrogens with two attached hydrogens (primary N) is 1. The van der Waals surface area contributed by atoms with Crippen LogP contribution in [0.4, 0.5) is 5.69 Å². The van der Waals surface area contributed by atoms with Crippen LogP contribution in [0.15, 0.2) is 12.1 Å². The molecule has 6 N–H and O–H groups in total. The Morgan fingerprint density at radius 2 is 2.18 bits per heavy atom. The zero-order valence-corrected chi connectivity index (χ0v) is 9.23. The van der Waals surface area contributed by atoms with Crippen molar-refractivity contribution in [3.05, 3.63) is 23.3 Å². The summed E-state index contributed by atoms with van der Waals surface area (Å²) in [5.41, 5.74) is 6.37. The van der Waals surface area contributed by atoms with Crippen molar-refractivity contribution in [3.63, 3.8) is 0 Å². The van der Waals surface area contributed by atoms with Gasteiger partial charge >= 0.3 is 5.97 Å². The predicted octanol–water partition coefficient (Wildman–Crippen LogP) is -0.0935. The summed E-state index contributed by atoms with van der Waals surface area (Å²) >= 11 is 0. The Kier molecular flexibility index (Phi) is 3.16. The molecule has 0 spiro atoms. The van der Waals surface area contributed by atoms with Crippen LogP contribution >= 0.6 is 0 Å². The van der Waals surface area contributed by atoms with Crippen molar-refractivity contribution in [2.45, 2.75) is 6.04 Å². The molecule has 1 atom stereocenters. The molecule has 6 nitrogen and oxygen atoms in total. The van der Waals surface area contributed by atoms with Crippen LogP contribution in [-0.4, -0.2) is 35.8 Å². The highest BCUT2D eigenvalue weighted by molar-refractivity contribution is 5.94. The molecular weight excluding hydrogens is 222 g/mol. The maximum absolute atomic E-state index is 10.8. The molecular formula is C11H15N3O3. The maximum atomic E-state index is 10.8. The van der Waals surface area contributed by atoms with Gasteiger partial charge in [0.2, 0.25) is 0 Å². The number of carbonyl (C=O) groups is 1. The van der Waals surface area contributed by atoms with E-state index in [1.165, 1.54) is 12.1 Å². The molecule has 0 amide bonds. The molecule has 1 aromatic rings. The molecule has 1 saturated heterocycles. The first-order chi connectivity index (χ1) is 8.09. The lowest BCUT2D eigenvalue weighted by Gasteiger charge is -2.25. The molecule has 0 bridgehead atoms. The van der Waals surface area contributed by atoms with Crippen LogP contribution in [0, 0.1) is 0 Å². The molecule has 0 unspecified atom stereocenters. The smallest absolute Gasteiger partial charge is 0.337 e. The molecule has 6 heteroatoms. The second-order valence-electron chi connectivity index (χ2n) is 4.01. The second kappa shape index (κ2) is 4.60.